The van der Waals surface area contributed by atoms with Crippen molar-refractivity contribution in [2.75, 3.05) is 13.2 Å². The van der Waals surface area contributed by atoms with Crippen molar-refractivity contribution in [3.8, 4) is 5.75 Å². The molecule has 0 saturated heterocycles. The molecule has 0 aromatic heterocycles. The van der Waals surface area contributed by atoms with Gasteiger partial charge in [-0.1, -0.05) is 80.5 Å². The number of aliphatic imine (C=N–C) groups is 1. The normalized spacial score (nSPS) is 18.4. The number of carbonyl (C=O) groups excluding carboxylic acids is 1. The number of phenolic OH excluding ortho intramolecular Hbond substituents is 1. The molecular formula is C29H45NO4. The molecule has 0 saturated carbocycles. The highest BCUT2D eigenvalue weighted by atomic mass is 16.5. The first-order valence-electron chi connectivity index (χ1n) is 12.7. The van der Waals surface area contributed by atoms with E-state index in [1.54, 1.807) is 0 Å². The van der Waals surface area contributed by atoms with Crippen LogP contribution in [0.2, 0.25) is 0 Å². The van der Waals surface area contributed by atoms with Crippen LogP contribution >= 0.6 is 0 Å². The van der Waals surface area contributed by atoms with Gasteiger partial charge < -0.3 is 14.6 Å². The summed E-state index contributed by atoms with van der Waals surface area (Å²) in [4.78, 5) is 17.4. The fraction of sp³-hybridized carbons (Fsp3) is 0.655. The van der Waals surface area contributed by atoms with E-state index in [-0.39, 0.29) is 29.8 Å². The summed E-state index contributed by atoms with van der Waals surface area (Å²) < 4.78 is 11.5. The van der Waals surface area contributed by atoms with Gasteiger partial charge in [-0.25, -0.2) is 4.99 Å². The summed E-state index contributed by atoms with van der Waals surface area (Å²) in [5.41, 5.74) is 2.83. The number of hydrogen-bond acceptors (Lipinski definition) is 5. The summed E-state index contributed by atoms with van der Waals surface area (Å²) in [6.45, 7) is 21.5. The van der Waals surface area contributed by atoms with Gasteiger partial charge in [0.15, 0.2) is 0 Å². The van der Waals surface area contributed by atoms with Crippen LogP contribution in [-0.2, 0) is 31.5 Å². The molecule has 5 nitrogen and oxygen atoms in total. The SMILES string of the molecule is C=C(CCCC)C1=NC(CC)(COC(=O)CCc2cc(C(C)(C)C)c(O)c(C(C)(C)C)c2)CO1. The zero-order chi connectivity index (χ0) is 25.7. The van der Waals surface area contributed by atoms with Crippen LogP contribution in [0.1, 0.15) is 104 Å². The van der Waals surface area contributed by atoms with Crippen LogP contribution in [0.4, 0.5) is 0 Å². The zero-order valence-electron chi connectivity index (χ0n) is 22.6. The van der Waals surface area contributed by atoms with E-state index in [0.29, 0.717) is 24.7 Å². The van der Waals surface area contributed by atoms with Crippen LogP contribution < -0.4 is 0 Å². The monoisotopic (exact) mass is 471 g/mol. The molecule has 1 atom stereocenters. The number of carbonyl (C=O) groups is 1. The van der Waals surface area contributed by atoms with E-state index >= 15 is 0 Å². The molecular weight excluding hydrogens is 426 g/mol. The summed E-state index contributed by atoms with van der Waals surface area (Å²) in [6, 6.07) is 4.05. The maximum atomic E-state index is 12.6. The Labute approximate surface area is 206 Å². The third-order valence-electron chi connectivity index (χ3n) is 6.51. The lowest BCUT2D eigenvalue weighted by Gasteiger charge is -2.28. The van der Waals surface area contributed by atoms with E-state index in [4.69, 9.17) is 14.5 Å². The molecule has 190 valence electrons. The third kappa shape index (κ3) is 7.10. The molecule has 1 aromatic rings. The summed E-state index contributed by atoms with van der Waals surface area (Å²) in [7, 11) is 0. The number of nitrogens with zero attached hydrogens (tertiary/aromatic N) is 1. The van der Waals surface area contributed by atoms with E-state index in [9.17, 15) is 9.90 Å². The lowest BCUT2D eigenvalue weighted by atomic mass is 9.78. The van der Waals surface area contributed by atoms with Crippen molar-refractivity contribution in [1.29, 1.82) is 0 Å². The highest BCUT2D eigenvalue weighted by molar-refractivity contribution is 5.94. The van der Waals surface area contributed by atoms with E-state index in [0.717, 1.165) is 47.9 Å². The second-order valence-electron chi connectivity index (χ2n) is 11.7. The number of phenols is 1. The highest BCUT2D eigenvalue weighted by Gasteiger charge is 2.37. The molecule has 1 heterocycles. The Morgan fingerprint density at radius 1 is 1.12 bits per heavy atom. The smallest absolute Gasteiger partial charge is 0.306 e. The molecule has 34 heavy (non-hydrogen) atoms. The van der Waals surface area contributed by atoms with Gasteiger partial charge in [-0.05, 0) is 53.2 Å². The number of esters is 1. The Balaban J connectivity index is 2.06. The molecule has 0 radical (unpaired) electrons. The number of ether oxygens (including phenoxy) is 2. The Bertz CT molecular complexity index is 882. The molecule has 0 aliphatic carbocycles. The average Bonchev–Trinajstić information content (AvgIpc) is 3.19. The summed E-state index contributed by atoms with van der Waals surface area (Å²) >= 11 is 0. The van der Waals surface area contributed by atoms with Crippen molar-refractivity contribution in [3.63, 3.8) is 0 Å². The minimum atomic E-state index is -0.530. The van der Waals surface area contributed by atoms with E-state index in [1.807, 2.05) is 19.1 Å². The maximum Gasteiger partial charge on any atom is 0.306 e. The first kappa shape index (κ1) is 27.9. The van der Waals surface area contributed by atoms with Gasteiger partial charge in [-0.3, -0.25) is 4.79 Å². The van der Waals surface area contributed by atoms with Gasteiger partial charge in [0, 0.05) is 12.0 Å². The number of unbranched alkanes of at least 4 members (excludes halogenated alkanes) is 1. The van der Waals surface area contributed by atoms with E-state index in [2.05, 4.69) is 55.0 Å². The number of benzene rings is 1. The molecule has 0 fully saturated rings. The minimum absolute atomic E-state index is 0.201. The summed E-state index contributed by atoms with van der Waals surface area (Å²) in [5, 5.41) is 10.9. The van der Waals surface area contributed by atoms with Gasteiger partial charge >= 0.3 is 5.97 Å². The van der Waals surface area contributed by atoms with Crippen molar-refractivity contribution >= 4 is 11.9 Å². The van der Waals surface area contributed by atoms with Gasteiger partial charge in [0.05, 0.1) is 0 Å². The molecule has 1 aromatic carbocycles. The standard InChI is InChI=1S/C29H45NO4/c1-10-12-13-20(3)26-30-29(11-2,19-34-26)18-33-24(31)15-14-21-16-22(27(4,5)6)25(32)23(17-21)28(7,8)9/h16-17,32H,3,10-15,18-19H2,1-2,4-9H3. The Morgan fingerprint density at radius 3 is 2.21 bits per heavy atom. The Morgan fingerprint density at radius 2 is 1.71 bits per heavy atom. The van der Waals surface area contributed by atoms with Crippen molar-refractivity contribution in [1.82, 2.24) is 0 Å². The van der Waals surface area contributed by atoms with Crippen LogP contribution in [0.5, 0.6) is 5.75 Å². The van der Waals surface area contributed by atoms with Crippen LogP contribution in [0.25, 0.3) is 0 Å². The van der Waals surface area contributed by atoms with Crippen molar-refractivity contribution < 1.29 is 19.4 Å². The molecule has 1 aliphatic heterocycles. The average molecular weight is 472 g/mol. The number of aromatic hydroxyl groups is 1. The van der Waals surface area contributed by atoms with Gasteiger partial charge in [0.2, 0.25) is 5.90 Å². The van der Waals surface area contributed by atoms with Crippen molar-refractivity contribution in [2.24, 2.45) is 4.99 Å². The minimum Gasteiger partial charge on any atom is -0.507 e. The molecule has 0 bridgehead atoms. The maximum absolute atomic E-state index is 12.6. The van der Waals surface area contributed by atoms with Gasteiger partial charge in [-0.15, -0.1) is 0 Å². The Kier molecular flexibility index (Phi) is 9.01. The van der Waals surface area contributed by atoms with Gasteiger partial charge in [-0.2, -0.15) is 0 Å². The first-order chi connectivity index (χ1) is 15.7. The molecule has 0 amide bonds. The highest BCUT2D eigenvalue weighted by Crippen LogP contribution is 2.40. The van der Waals surface area contributed by atoms with Crippen LogP contribution in [0.15, 0.2) is 29.3 Å². The quantitative estimate of drug-likeness (QED) is 0.382. The van der Waals surface area contributed by atoms with E-state index in [1.165, 1.54) is 0 Å². The fourth-order valence-electron chi connectivity index (χ4n) is 4.03. The van der Waals surface area contributed by atoms with Crippen molar-refractivity contribution in [2.45, 2.75) is 110 Å². The first-order valence-corrected chi connectivity index (χ1v) is 12.7. The molecule has 1 N–H and O–H groups in total. The lowest BCUT2D eigenvalue weighted by Crippen LogP contribution is -2.34. The summed E-state index contributed by atoms with van der Waals surface area (Å²) in [6.07, 6.45) is 4.59. The summed E-state index contributed by atoms with van der Waals surface area (Å²) in [5.74, 6) is 0.718. The largest absolute Gasteiger partial charge is 0.507 e. The number of aryl methyl sites for hydroxylation is 1. The lowest BCUT2D eigenvalue weighted by molar-refractivity contribution is -0.145. The predicted octanol–water partition coefficient (Wildman–Crippen LogP) is 6.79. The third-order valence-corrected chi connectivity index (χ3v) is 6.51. The van der Waals surface area contributed by atoms with Crippen LogP contribution in [0, 0.1) is 0 Å². The van der Waals surface area contributed by atoms with E-state index < -0.39 is 5.54 Å². The topological polar surface area (TPSA) is 68.1 Å². The number of rotatable bonds is 10. The second kappa shape index (κ2) is 11.0. The second-order valence-corrected chi connectivity index (χ2v) is 11.7. The fourth-order valence-corrected chi connectivity index (χ4v) is 4.03. The van der Waals surface area contributed by atoms with Crippen LogP contribution in [0.3, 0.4) is 0 Å². The molecule has 5 heteroatoms. The predicted molar refractivity (Wildman–Crippen MR) is 140 cm³/mol. The molecule has 1 aliphatic rings. The Hall–Kier alpha value is -2.30. The van der Waals surface area contributed by atoms with Gasteiger partial charge in [0.1, 0.15) is 24.5 Å². The van der Waals surface area contributed by atoms with Gasteiger partial charge in [0.25, 0.3) is 0 Å². The molecule has 2 rings (SSSR count). The molecule has 1 unspecified atom stereocenters. The van der Waals surface area contributed by atoms with Crippen molar-refractivity contribution in [3.05, 3.63) is 41.0 Å². The zero-order valence-corrected chi connectivity index (χ0v) is 22.6. The van der Waals surface area contributed by atoms with Crippen LogP contribution in [-0.4, -0.2) is 35.7 Å². The number of hydrogen-bond donors (Lipinski definition) is 1. The molecule has 0 spiro atoms.